The van der Waals surface area contributed by atoms with E-state index in [4.69, 9.17) is 14.7 Å². The zero-order chi connectivity index (χ0) is 19.1. The standard InChI is InChI=1S/C21H21FN2O3/c22-17-6-1-15(2-7-17)5-10-21(25)24-19-11-12-26-14-20(19)27-18-8-3-16(13-23)4-9-18/h1-4,6-9,19-20H,5,10-12,14H2,(H,24,25). The summed E-state index contributed by atoms with van der Waals surface area (Å²) in [6.45, 7) is 0.957. The van der Waals surface area contributed by atoms with Gasteiger partial charge in [0.2, 0.25) is 5.91 Å². The largest absolute Gasteiger partial charge is 0.486 e. The summed E-state index contributed by atoms with van der Waals surface area (Å²) in [6, 6.07) is 14.9. The van der Waals surface area contributed by atoms with Crippen molar-refractivity contribution in [2.45, 2.75) is 31.4 Å². The third kappa shape index (κ3) is 5.53. The second-order valence-corrected chi connectivity index (χ2v) is 6.46. The van der Waals surface area contributed by atoms with Crippen molar-refractivity contribution in [2.75, 3.05) is 13.2 Å². The van der Waals surface area contributed by atoms with Crippen LogP contribution in [-0.4, -0.2) is 31.3 Å². The molecule has 1 fully saturated rings. The molecule has 0 aliphatic carbocycles. The van der Waals surface area contributed by atoms with Crippen LogP contribution in [0.25, 0.3) is 0 Å². The fraction of sp³-hybridized carbons (Fsp3) is 0.333. The SMILES string of the molecule is N#Cc1ccc(OC2COCCC2NC(=O)CCc2ccc(F)cc2)cc1. The van der Waals surface area contributed by atoms with Crippen LogP contribution in [0.2, 0.25) is 0 Å². The summed E-state index contributed by atoms with van der Waals surface area (Å²) in [4.78, 5) is 12.3. The minimum atomic E-state index is -0.290. The van der Waals surface area contributed by atoms with Crippen molar-refractivity contribution in [3.63, 3.8) is 0 Å². The molecular weight excluding hydrogens is 347 g/mol. The Morgan fingerprint density at radius 1 is 1.22 bits per heavy atom. The summed E-state index contributed by atoms with van der Waals surface area (Å²) in [5.41, 5.74) is 1.48. The molecule has 1 N–H and O–H groups in total. The lowest BCUT2D eigenvalue weighted by molar-refractivity contribution is -0.123. The Balaban J connectivity index is 1.53. The summed E-state index contributed by atoms with van der Waals surface area (Å²) in [7, 11) is 0. The first-order chi connectivity index (χ1) is 13.1. The number of carbonyl (C=O) groups is 1. The van der Waals surface area contributed by atoms with E-state index >= 15 is 0 Å². The van der Waals surface area contributed by atoms with E-state index in [0.29, 0.717) is 43.8 Å². The first-order valence-electron chi connectivity index (χ1n) is 8.92. The normalized spacial score (nSPS) is 19.1. The highest BCUT2D eigenvalue weighted by Gasteiger charge is 2.28. The summed E-state index contributed by atoms with van der Waals surface area (Å²) >= 11 is 0. The van der Waals surface area contributed by atoms with Crippen LogP contribution in [-0.2, 0) is 16.0 Å². The van der Waals surface area contributed by atoms with E-state index < -0.39 is 0 Å². The topological polar surface area (TPSA) is 71.3 Å². The molecule has 2 aromatic rings. The molecule has 1 amide bonds. The van der Waals surface area contributed by atoms with E-state index in [1.165, 1.54) is 12.1 Å². The van der Waals surface area contributed by atoms with E-state index in [0.717, 1.165) is 5.56 Å². The van der Waals surface area contributed by atoms with Gasteiger partial charge in [-0.1, -0.05) is 12.1 Å². The van der Waals surface area contributed by atoms with Gasteiger partial charge in [-0.25, -0.2) is 4.39 Å². The number of carbonyl (C=O) groups excluding carboxylic acids is 1. The number of amides is 1. The number of rotatable bonds is 6. The lowest BCUT2D eigenvalue weighted by atomic mass is 10.0. The van der Waals surface area contributed by atoms with Gasteiger partial charge >= 0.3 is 0 Å². The molecule has 0 radical (unpaired) electrons. The second-order valence-electron chi connectivity index (χ2n) is 6.46. The second kappa shape index (κ2) is 9.15. The molecule has 5 nitrogen and oxygen atoms in total. The van der Waals surface area contributed by atoms with Crippen molar-refractivity contribution in [3.05, 3.63) is 65.5 Å². The van der Waals surface area contributed by atoms with Crippen LogP contribution < -0.4 is 10.1 Å². The lowest BCUT2D eigenvalue weighted by Gasteiger charge is -2.32. The Labute approximate surface area is 157 Å². The van der Waals surface area contributed by atoms with Crippen molar-refractivity contribution < 1.29 is 18.7 Å². The molecule has 1 aliphatic heterocycles. The molecule has 6 heteroatoms. The smallest absolute Gasteiger partial charge is 0.220 e. The van der Waals surface area contributed by atoms with Crippen LogP contribution in [0.1, 0.15) is 24.0 Å². The monoisotopic (exact) mass is 368 g/mol. The number of ether oxygens (including phenoxy) is 2. The van der Waals surface area contributed by atoms with Crippen molar-refractivity contribution in [2.24, 2.45) is 0 Å². The van der Waals surface area contributed by atoms with Crippen LogP contribution >= 0.6 is 0 Å². The Kier molecular flexibility index (Phi) is 6.39. The molecule has 0 spiro atoms. The maximum Gasteiger partial charge on any atom is 0.220 e. The van der Waals surface area contributed by atoms with E-state index in [9.17, 15) is 9.18 Å². The number of hydrogen-bond donors (Lipinski definition) is 1. The zero-order valence-corrected chi connectivity index (χ0v) is 14.9. The average Bonchev–Trinajstić information content (AvgIpc) is 2.70. The fourth-order valence-corrected chi connectivity index (χ4v) is 2.96. The number of benzene rings is 2. The molecule has 2 aromatic carbocycles. The predicted molar refractivity (Wildman–Crippen MR) is 97.7 cm³/mol. The Morgan fingerprint density at radius 3 is 2.67 bits per heavy atom. The number of halogens is 1. The number of nitrogens with zero attached hydrogens (tertiary/aromatic N) is 1. The van der Waals surface area contributed by atoms with Crippen molar-refractivity contribution in [3.8, 4) is 11.8 Å². The summed E-state index contributed by atoms with van der Waals surface area (Å²) in [5.74, 6) is 0.280. The summed E-state index contributed by atoms with van der Waals surface area (Å²) in [6.07, 6.45) is 1.26. The third-order valence-corrected chi connectivity index (χ3v) is 4.48. The lowest BCUT2D eigenvalue weighted by Crippen LogP contribution is -2.51. The van der Waals surface area contributed by atoms with Gasteiger partial charge in [0, 0.05) is 13.0 Å². The zero-order valence-electron chi connectivity index (χ0n) is 14.9. The highest BCUT2D eigenvalue weighted by atomic mass is 19.1. The molecule has 0 aromatic heterocycles. The van der Waals surface area contributed by atoms with Crippen molar-refractivity contribution in [1.29, 1.82) is 5.26 Å². The predicted octanol–water partition coefficient (Wildman–Crippen LogP) is 2.98. The molecule has 27 heavy (non-hydrogen) atoms. The molecule has 1 heterocycles. The molecule has 140 valence electrons. The Morgan fingerprint density at radius 2 is 1.96 bits per heavy atom. The highest BCUT2D eigenvalue weighted by molar-refractivity contribution is 5.76. The van der Waals surface area contributed by atoms with E-state index in [2.05, 4.69) is 11.4 Å². The summed E-state index contributed by atoms with van der Waals surface area (Å²) in [5, 5.41) is 11.9. The van der Waals surface area contributed by atoms with Crippen LogP contribution in [0.4, 0.5) is 4.39 Å². The minimum absolute atomic E-state index is 0.0698. The van der Waals surface area contributed by atoms with Crippen LogP contribution in [0.5, 0.6) is 5.75 Å². The Bertz CT molecular complexity index is 800. The van der Waals surface area contributed by atoms with Gasteiger partial charge in [0.25, 0.3) is 0 Å². The average molecular weight is 368 g/mol. The van der Waals surface area contributed by atoms with Gasteiger partial charge in [-0.05, 0) is 54.8 Å². The number of nitrogens with one attached hydrogen (secondary N) is 1. The van der Waals surface area contributed by atoms with Gasteiger partial charge in [-0.3, -0.25) is 4.79 Å². The van der Waals surface area contributed by atoms with Gasteiger partial charge in [-0.15, -0.1) is 0 Å². The number of aryl methyl sites for hydroxylation is 1. The van der Waals surface area contributed by atoms with Crippen LogP contribution in [0, 0.1) is 17.1 Å². The van der Waals surface area contributed by atoms with Gasteiger partial charge < -0.3 is 14.8 Å². The van der Waals surface area contributed by atoms with Gasteiger partial charge in [0.1, 0.15) is 17.7 Å². The van der Waals surface area contributed by atoms with Crippen molar-refractivity contribution in [1.82, 2.24) is 5.32 Å². The van der Waals surface area contributed by atoms with E-state index in [1.807, 2.05) is 0 Å². The molecule has 0 saturated carbocycles. The molecule has 3 rings (SSSR count). The fourth-order valence-electron chi connectivity index (χ4n) is 2.96. The van der Waals surface area contributed by atoms with E-state index in [1.54, 1.807) is 36.4 Å². The maximum atomic E-state index is 12.9. The first kappa shape index (κ1) is 18.9. The molecule has 1 saturated heterocycles. The summed E-state index contributed by atoms with van der Waals surface area (Å²) < 4.78 is 24.4. The minimum Gasteiger partial charge on any atom is -0.486 e. The molecule has 1 aliphatic rings. The molecule has 0 bridgehead atoms. The van der Waals surface area contributed by atoms with Crippen LogP contribution in [0.15, 0.2) is 48.5 Å². The first-order valence-corrected chi connectivity index (χ1v) is 8.92. The van der Waals surface area contributed by atoms with Gasteiger partial charge in [-0.2, -0.15) is 5.26 Å². The Hall–Kier alpha value is -2.91. The quantitative estimate of drug-likeness (QED) is 0.851. The van der Waals surface area contributed by atoms with Crippen LogP contribution in [0.3, 0.4) is 0 Å². The molecular formula is C21H21FN2O3. The van der Waals surface area contributed by atoms with Gasteiger partial charge in [0.15, 0.2) is 0 Å². The third-order valence-electron chi connectivity index (χ3n) is 4.48. The van der Waals surface area contributed by atoms with E-state index in [-0.39, 0.29) is 23.9 Å². The molecule has 2 unspecified atom stereocenters. The highest BCUT2D eigenvalue weighted by Crippen LogP contribution is 2.18. The van der Waals surface area contributed by atoms with Gasteiger partial charge in [0.05, 0.1) is 24.3 Å². The number of hydrogen-bond acceptors (Lipinski definition) is 4. The maximum absolute atomic E-state index is 12.9. The molecule has 2 atom stereocenters. The number of nitriles is 1. The van der Waals surface area contributed by atoms with Crippen molar-refractivity contribution >= 4 is 5.91 Å².